The fraction of sp³-hybridized carbons (Fsp3) is 0.267. The van der Waals surface area contributed by atoms with E-state index in [4.69, 9.17) is 0 Å². The van der Waals surface area contributed by atoms with Gasteiger partial charge in [-0.1, -0.05) is 18.2 Å². The van der Waals surface area contributed by atoms with Gasteiger partial charge in [0.25, 0.3) is 5.91 Å². The molecule has 1 aromatic carbocycles. The first-order valence-corrected chi connectivity index (χ1v) is 6.52. The summed E-state index contributed by atoms with van der Waals surface area (Å²) in [6.07, 6.45) is 3.08. The lowest BCUT2D eigenvalue weighted by molar-refractivity contribution is 0.0979. The van der Waals surface area contributed by atoms with Crippen molar-refractivity contribution >= 4 is 17.5 Å². The molecule has 1 aromatic heterocycles. The lowest BCUT2D eigenvalue weighted by Crippen LogP contribution is -2.37. The van der Waals surface area contributed by atoms with Gasteiger partial charge in [0, 0.05) is 31.2 Å². The molecule has 5 nitrogen and oxygen atoms in total. The van der Waals surface area contributed by atoms with Gasteiger partial charge in [0.05, 0.1) is 5.56 Å². The van der Waals surface area contributed by atoms with Crippen LogP contribution in [0.1, 0.15) is 24.2 Å². The molecule has 1 N–H and O–H groups in total. The highest BCUT2D eigenvalue weighted by molar-refractivity contribution is 6.06. The minimum Gasteiger partial charge on any atom is -0.357 e. The van der Waals surface area contributed by atoms with Crippen molar-refractivity contribution < 1.29 is 4.79 Å². The summed E-state index contributed by atoms with van der Waals surface area (Å²) in [6.45, 7) is 3.96. The number of benzene rings is 1. The largest absolute Gasteiger partial charge is 0.357 e. The van der Waals surface area contributed by atoms with E-state index in [1.165, 1.54) is 0 Å². The minimum atomic E-state index is -0.103. The number of para-hydroxylation sites is 1. The van der Waals surface area contributed by atoms with Crippen molar-refractivity contribution in [3.63, 3.8) is 0 Å². The average Bonchev–Trinajstić information content (AvgIpc) is 2.48. The summed E-state index contributed by atoms with van der Waals surface area (Å²) >= 11 is 0. The second-order valence-electron chi connectivity index (χ2n) is 4.65. The van der Waals surface area contributed by atoms with E-state index in [-0.39, 0.29) is 11.9 Å². The molecule has 2 aromatic rings. The normalized spacial score (nSPS) is 10.4. The maximum Gasteiger partial charge on any atom is 0.261 e. The van der Waals surface area contributed by atoms with E-state index in [0.717, 1.165) is 5.69 Å². The molecule has 0 spiro atoms. The van der Waals surface area contributed by atoms with Gasteiger partial charge in [0.15, 0.2) is 0 Å². The average molecular weight is 270 g/mol. The van der Waals surface area contributed by atoms with Crippen LogP contribution in [0.15, 0.2) is 42.7 Å². The summed E-state index contributed by atoms with van der Waals surface area (Å²) in [6, 6.07) is 9.64. The molecule has 104 valence electrons. The van der Waals surface area contributed by atoms with Crippen LogP contribution in [-0.4, -0.2) is 29.0 Å². The van der Waals surface area contributed by atoms with E-state index >= 15 is 0 Å². The van der Waals surface area contributed by atoms with Gasteiger partial charge in [0.2, 0.25) is 5.95 Å². The van der Waals surface area contributed by atoms with Gasteiger partial charge >= 0.3 is 0 Å². The van der Waals surface area contributed by atoms with Gasteiger partial charge in [-0.05, 0) is 26.0 Å². The number of carbonyl (C=O) groups excluding carboxylic acids is 1. The molecule has 1 amide bonds. The summed E-state index contributed by atoms with van der Waals surface area (Å²) in [5.74, 6) is 0.395. The zero-order valence-electron chi connectivity index (χ0n) is 11.9. The van der Waals surface area contributed by atoms with E-state index in [0.29, 0.717) is 11.5 Å². The molecular formula is C15H18N4O. The number of hydrogen-bond donors (Lipinski definition) is 1. The first-order valence-electron chi connectivity index (χ1n) is 6.52. The number of carbonyl (C=O) groups is 1. The zero-order chi connectivity index (χ0) is 14.5. The Balaban J connectivity index is 2.32. The van der Waals surface area contributed by atoms with Crippen LogP contribution in [0, 0.1) is 0 Å². The van der Waals surface area contributed by atoms with Crippen LogP contribution >= 0.6 is 0 Å². The second-order valence-corrected chi connectivity index (χ2v) is 4.65. The van der Waals surface area contributed by atoms with Gasteiger partial charge in [0.1, 0.15) is 0 Å². The molecule has 0 saturated heterocycles. The summed E-state index contributed by atoms with van der Waals surface area (Å²) in [5, 5.41) is 2.83. The Bertz CT molecular complexity index is 566. The van der Waals surface area contributed by atoms with Crippen molar-refractivity contribution in [1.29, 1.82) is 0 Å². The molecule has 0 radical (unpaired) electrons. The number of amides is 1. The smallest absolute Gasteiger partial charge is 0.261 e. The highest BCUT2D eigenvalue weighted by atomic mass is 16.2. The zero-order valence-corrected chi connectivity index (χ0v) is 11.9. The molecule has 2 rings (SSSR count). The molecule has 0 bridgehead atoms. The SMILES string of the molecule is CNc1ncc(C(=O)N(c2ccccc2)C(C)C)cn1. The molecule has 0 atom stereocenters. The first kappa shape index (κ1) is 14.0. The van der Waals surface area contributed by atoms with Crippen molar-refractivity contribution in [2.75, 3.05) is 17.3 Å². The van der Waals surface area contributed by atoms with Gasteiger partial charge in [-0.3, -0.25) is 4.79 Å². The molecule has 0 aliphatic rings. The van der Waals surface area contributed by atoms with E-state index in [1.54, 1.807) is 24.3 Å². The molecule has 0 aliphatic heterocycles. The highest BCUT2D eigenvalue weighted by Gasteiger charge is 2.21. The maximum absolute atomic E-state index is 12.6. The Labute approximate surface area is 118 Å². The molecule has 20 heavy (non-hydrogen) atoms. The Morgan fingerprint density at radius 2 is 1.75 bits per heavy atom. The Morgan fingerprint density at radius 3 is 2.25 bits per heavy atom. The predicted molar refractivity (Wildman–Crippen MR) is 80.0 cm³/mol. The standard InChI is InChI=1S/C15H18N4O/c1-11(2)19(13-7-5-4-6-8-13)14(20)12-9-17-15(16-3)18-10-12/h4-11H,1-3H3,(H,16,17,18). The molecule has 0 saturated carbocycles. The van der Waals surface area contributed by atoms with Crippen LogP contribution in [0.2, 0.25) is 0 Å². The fourth-order valence-corrected chi connectivity index (χ4v) is 1.95. The summed E-state index contributed by atoms with van der Waals surface area (Å²) in [5.41, 5.74) is 1.34. The molecule has 5 heteroatoms. The Hall–Kier alpha value is -2.43. The lowest BCUT2D eigenvalue weighted by atomic mass is 10.2. The third kappa shape index (κ3) is 2.93. The third-order valence-electron chi connectivity index (χ3n) is 2.89. The van der Waals surface area contributed by atoms with Crippen LogP contribution in [0.4, 0.5) is 11.6 Å². The van der Waals surface area contributed by atoms with Crippen molar-refractivity contribution in [2.45, 2.75) is 19.9 Å². The predicted octanol–water partition coefficient (Wildman–Crippen LogP) is 2.57. The van der Waals surface area contributed by atoms with E-state index in [9.17, 15) is 4.79 Å². The van der Waals surface area contributed by atoms with Crippen LogP contribution in [-0.2, 0) is 0 Å². The van der Waals surface area contributed by atoms with Crippen LogP contribution < -0.4 is 10.2 Å². The van der Waals surface area contributed by atoms with E-state index in [1.807, 2.05) is 44.2 Å². The highest BCUT2D eigenvalue weighted by Crippen LogP contribution is 2.19. The van der Waals surface area contributed by atoms with Crippen LogP contribution in [0.25, 0.3) is 0 Å². The fourth-order valence-electron chi connectivity index (χ4n) is 1.95. The number of nitrogens with zero attached hydrogens (tertiary/aromatic N) is 3. The van der Waals surface area contributed by atoms with Gasteiger partial charge in [-0.15, -0.1) is 0 Å². The molecular weight excluding hydrogens is 252 g/mol. The van der Waals surface area contributed by atoms with E-state index in [2.05, 4.69) is 15.3 Å². The number of anilines is 2. The van der Waals surface area contributed by atoms with Crippen molar-refractivity contribution in [1.82, 2.24) is 9.97 Å². The third-order valence-corrected chi connectivity index (χ3v) is 2.89. The lowest BCUT2D eigenvalue weighted by Gasteiger charge is -2.26. The molecule has 1 heterocycles. The van der Waals surface area contributed by atoms with Crippen molar-refractivity contribution in [3.8, 4) is 0 Å². The van der Waals surface area contributed by atoms with Gasteiger partial charge < -0.3 is 10.2 Å². The Morgan fingerprint density at radius 1 is 1.15 bits per heavy atom. The van der Waals surface area contributed by atoms with Crippen LogP contribution in [0.5, 0.6) is 0 Å². The number of aromatic nitrogens is 2. The number of hydrogen-bond acceptors (Lipinski definition) is 4. The van der Waals surface area contributed by atoms with Gasteiger partial charge in [-0.2, -0.15) is 0 Å². The minimum absolute atomic E-state index is 0.0499. The summed E-state index contributed by atoms with van der Waals surface area (Å²) in [4.78, 5) is 22.5. The molecule has 0 unspecified atom stereocenters. The topological polar surface area (TPSA) is 58.1 Å². The quantitative estimate of drug-likeness (QED) is 0.927. The Kier molecular flexibility index (Phi) is 4.30. The molecule has 0 fully saturated rings. The van der Waals surface area contributed by atoms with Crippen molar-refractivity contribution in [2.24, 2.45) is 0 Å². The summed E-state index contributed by atoms with van der Waals surface area (Å²) < 4.78 is 0. The monoisotopic (exact) mass is 270 g/mol. The summed E-state index contributed by atoms with van der Waals surface area (Å²) in [7, 11) is 1.74. The van der Waals surface area contributed by atoms with Crippen LogP contribution in [0.3, 0.4) is 0 Å². The number of rotatable bonds is 4. The van der Waals surface area contributed by atoms with Gasteiger partial charge in [-0.25, -0.2) is 9.97 Å². The maximum atomic E-state index is 12.6. The number of nitrogens with one attached hydrogen (secondary N) is 1. The second kappa shape index (κ2) is 6.14. The first-order chi connectivity index (χ1) is 9.63. The van der Waals surface area contributed by atoms with Crippen molar-refractivity contribution in [3.05, 3.63) is 48.3 Å². The molecule has 0 aliphatic carbocycles. The van der Waals surface area contributed by atoms with E-state index < -0.39 is 0 Å².